The van der Waals surface area contributed by atoms with Crippen LogP contribution < -0.4 is 0 Å². The lowest BCUT2D eigenvalue weighted by molar-refractivity contribution is -0.145. The molecule has 0 saturated heterocycles. The van der Waals surface area contributed by atoms with Gasteiger partial charge in [0, 0.05) is 6.42 Å². The van der Waals surface area contributed by atoms with Gasteiger partial charge in [-0.15, -0.1) is 0 Å². The molecular weight excluding hydrogens is 252 g/mol. The summed E-state index contributed by atoms with van der Waals surface area (Å²) in [6.45, 7) is 4.85. The highest BCUT2D eigenvalue weighted by Crippen LogP contribution is 2.15. The second-order valence-corrected chi connectivity index (χ2v) is 5.27. The minimum atomic E-state index is -0.150. The molecule has 3 nitrogen and oxygen atoms in total. The molecule has 0 aliphatic heterocycles. The van der Waals surface area contributed by atoms with Crippen LogP contribution in [0.15, 0.2) is 24.3 Å². The Bertz CT molecular complexity index is 401. The number of benzene rings is 1. The molecule has 1 rings (SSSR count). The van der Waals surface area contributed by atoms with Crippen LogP contribution in [0.5, 0.6) is 5.75 Å². The van der Waals surface area contributed by atoms with Gasteiger partial charge in [0.2, 0.25) is 0 Å². The van der Waals surface area contributed by atoms with Gasteiger partial charge < -0.3 is 9.84 Å². The SMILES string of the molecule is CCCCC(CC)COC(=O)CCc1cccc(O)c1. The van der Waals surface area contributed by atoms with Crippen molar-refractivity contribution in [2.75, 3.05) is 6.61 Å². The van der Waals surface area contributed by atoms with E-state index in [1.54, 1.807) is 18.2 Å². The van der Waals surface area contributed by atoms with Crippen molar-refractivity contribution in [2.45, 2.75) is 52.4 Å². The quantitative estimate of drug-likeness (QED) is 0.692. The summed E-state index contributed by atoms with van der Waals surface area (Å²) in [5.74, 6) is 0.574. The number of aromatic hydroxyl groups is 1. The summed E-state index contributed by atoms with van der Waals surface area (Å²) in [6.07, 6.45) is 5.54. The van der Waals surface area contributed by atoms with Crippen LogP contribution in [0.4, 0.5) is 0 Å². The number of esters is 1. The first kappa shape index (κ1) is 16.5. The van der Waals surface area contributed by atoms with Crippen molar-refractivity contribution in [3.05, 3.63) is 29.8 Å². The second kappa shape index (κ2) is 9.40. The third kappa shape index (κ3) is 6.60. The van der Waals surface area contributed by atoms with Gasteiger partial charge in [0.15, 0.2) is 0 Å². The van der Waals surface area contributed by atoms with Gasteiger partial charge in [-0.2, -0.15) is 0 Å². The van der Waals surface area contributed by atoms with Crippen LogP contribution in [0.2, 0.25) is 0 Å². The minimum Gasteiger partial charge on any atom is -0.508 e. The van der Waals surface area contributed by atoms with Gasteiger partial charge >= 0.3 is 5.97 Å². The number of hydrogen-bond acceptors (Lipinski definition) is 3. The van der Waals surface area contributed by atoms with Crippen LogP contribution in [0, 0.1) is 5.92 Å². The predicted octanol–water partition coefficient (Wildman–Crippen LogP) is 4.08. The number of phenolic OH excluding ortho intramolecular Hbond substituents is 1. The van der Waals surface area contributed by atoms with E-state index in [-0.39, 0.29) is 11.7 Å². The maximum Gasteiger partial charge on any atom is 0.306 e. The van der Waals surface area contributed by atoms with Gasteiger partial charge in [-0.25, -0.2) is 0 Å². The average molecular weight is 278 g/mol. The molecular formula is C17H26O3. The van der Waals surface area contributed by atoms with Crippen molar-refractivity contribution >= 4 is 5.97 Å². The standard InChI is InChI=1S/C17H26O3/c1-3-5-7-14(4-2)13-20-17(19)11-10-15-8-6-9-16(18)12-15/h6,8-9,12,14,18H,3-5,7,10-11,13H2,1-2H3. The highest BCUT2D eigenvalue weighted by atomic mass is 16.5. The number of ether oxygens (including phenoxy) is 1. The van der Waals surface area contributed by atoms with E-state index in [4.69, 9.17) is 4.74 Å². The van der Waals surface area contributed by atoms with E-state index in [2.05, 4.69) is 13.8 Å². The number of unbranched alkanes of at least 4 members (excludes halogenated alkanes) is 1. The van der Waals surface area contributed by atoms with Crippen LogP contribution in [0.3, 0.4) is 0 Å². The first-order valence-corrected chi connectivity index (χ1v) is 7.59. The highest BCUT2D eigenvalue weighted by Gasteiger charge is 2.10. The molecule has 1 unspecified atom stereocenters. The first-order chi connectivity index (χ1) is 9.65. The predicted molar refractivity (Wildman–Crippen MR) is 80.7 cm³/mol. The van der Waals surface area contributed by atoms with E-state index in [0.717, 1.165) is 18.4 Å². The largest absolute Gasteiger partial charge is 0.508 e. The Morgan fingerprint density at radius 1 is 1.35 bits per heavy atom. The van der Waals surface area contributed by atoms with E-state index < -0.39 is 0 Å². The molecule has 0 bridgehead atoms. The summed E-state index contributed by atoms with van der Waals surface area (Å²) in [5.41, 5.74) is 0.958. The lowest BCUT2D eigenvalue weighted by atomic mass is 10.0. The molecule has 0 aliphatic rings. The van der Waals surface area contributed by atoms with Crippen LogP contribution in [0.25, 0.3) is 0 Å². The van der Waals surface area contributed by atoms with Crippen molar-refractivity contribution in [1.29, 1.82) is 0 Å². The zero-order chi connectivity index (χ0) is 14.8. The van der Waals surface area contributed by atoms with E-state index in [1.165, 1.54) is 12.8 Å². The van der Waals surface area contributed by atoms with E-state index in [9.17, 15) is 9.90 Å². The molecule has 20 heavy (non-hydrogen) atoms. The fraction of sp³-hybridized carbons (Fsp3) is 0.588. The zero-order valence-corrected chi connectivity index (χ0v) is 12.6. The Balaban J connectivity index is 2.26. The fourth-order valence-corrected chi connectivity index (χ4v) is 2.14. The van der Waals surface area contributed by atoms with Crippen LogP contribution in [-0.2, 0) is 16.0 Å². The average Bonchev–Trinajstić information content (AvgIpc) is 2.45. The number of rotatable bonds is 9. The molecule has 0 heterocycles. The molecule has 1 N–H and O–H groups in total. The van der Waals surface area contributed by atoms with Crippen molar-refractivity contribution in [1.82, 2.24) is 0 Å². The fourth-order valence-electron chi connectivity index (χ4n) is 2.14. The van der Waals surface area contributed by atoms with Crippen molar-refractivity contribution in [3.8, 4) is 5.75 Å². The first-order valence-electron chi connectivity index (χ1n) is 7.59. The van der Waals surface area contributed by atoms with Crippen molar-refractivity contribution in [2.24, 2.45) is 5.92 Å². The Hall–Kier alpha value is -1.51. The number of phenols is 1. The monoisotopic (exact) mass is 278 g/mol. The third-order valence-electron chi connectivity index (χ3n) is 3.55. The number of carbonyl (C=O) groups excluding carboxylic acids is 1. The maximum atomic E-state index is 11.7. The van der Waals surface area contributed by atoms with E-state index in [1.807, 2.05) is 6.07 Å². The molecule has 1 aromatic carbocycles. The number of carbonyl (C=O) groups is 1. The van der Waals surface area contributed by atoms with E-state index in [0.29, 0.717) is 25.4 Å². The molecule has 1 aromatic rings. The number of aryl methyl sites for hydroxylation is 1. The number of hydrogen-bond donors (Lipinski definition) is 1. The Kier molecular flexibility index (Phi) is 7.78. The van der Waals surface area contributed by atoms with Gasteiger partial charge in [0.25, 0.3) is 0 Å². The van der Waals surface area contributed by atoms with Crippen molar-refractivity contribution < 1.29 is 14.6 Å². The van der Waals surface area contributed by atoms with Gasteiger partial charge in [-0.05, 0) is 36.5 Å². The van der Waals surface area contributed by atoms with Crippen LogP contribution in [0.1, 0.15) is 51.5 Å². The van der Waals surface area contributed by atoms with Crippen LogP contribution >= 0.6 is 0 Å². The molecule has 0 fully saturated rings. The molecule has 0 aromatic heterocycles. The summed E-state index contributed by atoms with van der Waals surface area (Å²) in [4.78, 5) is 11.7. The Morgan fingerprint density at radius 3 is 2.80 bits per heavy atom. The molecule has 0 aliphatic carbocycles. The Morgan fingerprint density at radius 2 is 2.15 bits per heavy atom. The molecule has 0 saturated carbocycles. The third-order valence-corrected chi connectivity index (χ3v) is 3.55. The molecule has 0 amide bonds. The summed E-state index contributed by atoms with van der Waals surface area (Å²) in [6, 6.07) is 7.00. The zero-order valence-electron chi connectivity index (χ0n) is 12.6. The Labute approximate surface area is 122 Å². The molecule has 0 spiro atoms. The second-order valence-electron chi connectivity index (χ2n) is 5.27. The summed E-state index contributed by atoms with van der Waals surface area (Å²) < 4.78 is 5.34. The van der Waals surface area contributed by atoms with Gasteiger partial charge in [-0.1, -0.05) is 45.2 Å². The molecule has 3 heteroatoms. The van der Waals surface area contributed by atoms with E-state index >= 15 is 0 Å². The lowest BCUT2D eigenvalue weighted by Crippen LogP contribution is -2.14. The summed E-state index contributed by atoms with van der Waals surface area (Å²) in [7, 11) is 0. The summed E-state index contributed by atoms with van der Waals surface area (Å²) >= 11 is 0. The normalized spacial score (nSPS) is 12.1. The lowest BCUT2D eigenvalue weighted by Gasteiger charge is -2.14. The van der Waals surface area contributed by atoms with Crippen LogP contribution in [-0.4, -0.2) is 17.7 Å². The maximum absolute atomic E-state index is 11.7. The molecule has 1 atom stereocenters. The topological polar surface area (TPSA) is 46.5 Å². The van der Waals surface area contributed by atoms with Gasteiger partial charge in [0.1, 0.15) is 5.75 Å². The summed E-state index contributed by atoms with van der Waals surface area (Å²) in [5, 5.41) is 9.35. The highest BCUT2D eigenvalue weighted by molar-refractivity contribution is 5.69. The smallest absolute Gasteiger partial charge is 0.306 e. The van der Waals surface area contributed by atoms with Gasteiger partial charge in [-0.3, -0.25) is 4.79 Å². The van der Waals surface area contributed by atoms with Crippen molar-refractivity contribution in [3.63, 3.8) is 0 Å². The molecule has 0 radical (unpaired) electrons. The minimum absolute atomic E-state index is 0.150. The molecule has 112 valence electrons. The van der Waals surface area contributed by atoms with Gasteiger partial charge in [0.05, 0.1) is 6.61 Å².